The Morgan fingerprint density at radius 2 is 1.94 bits per heavy atom. The highest BCUT2D eigenvalue weighted by Crippen LogP contribution is 2.29. The lowest BCUT2D eigenvalue weighted by atomic mass is 10.1. The number of anilines is 2. The number of nitrogens with zero attached hydrogens (tertiary/aromatic N) is 2. The molecule has 1 amide bonds. The van der Waals surface area contributed by atoms with Crippen molar-refractivity contribution in [3.05, 3.63) is 53.6 Å². The number of esters is 1. The first kappa shape index (κ1) is 23.6. The number of nitrogens with one attached hydrogen (secondary N) is 1. The fraction of sp³-hybridized carbons (Fsp3) is 0.292. The maximum Gasteiger partial charge on any atom is 0.340 e. The summed E-state index contributed by atoms with van der Waals surface area (Å²) in [6.45, 7) is 2.58. The second kappa shape index (κ2) is 11.5. The molecule has 0 bridgehead atoms. The van der Waals surface area contributed by atoms with E-state index in [-0.39, 0.29) is 12.2 Å². The quantitative estimate of drug-likeness (QED) is 0.482. The monoisotopic (exact) mass is 451 g/mol. The fourth-order valence-electron chi connectivity index (χ4n) is 3.30. The first-order chi connectivity index (χ1) is 16.0. The Morgan fingerprint density at radius 3 is 2.64 bits per heavy atom. The molecule has 1 heterocycles. The van der Waals surface area contributed by atoms with Crippen molar-refractivity contribution in [3.63, 3.8) is 0 Å². The van der Waals surface area contributed by atoms with Crippen LogP contribution in [-0.4, -0.2) is 59.0 Å². The summed E-state index contributed by atoms with van der Waals surface area (Å²) >= 11 is 0. The molecule has 0 aromatic heterocycles. The van der Waals surface area contributed by atoms with E-state index in [9.17, 15) is 9.59 Å². The molecule has 0 spiro atoms. The molecule has 1 N–H and O–H groups in total. The number of hydrogen-bond acceptors (Lipinski definition) is 8. The van der Waals surface area contributed by atoms with Crippen molar-refractivity contribution in [2.75, 3.05) is 57.3 Å². The Kier molecular flexibility index (Phi) is 8.27. The van der Waals surface area contributed by atoms with Crippen molar-refractivity contribution in [2.24, 2.45) is 0 Å². The van der Waals surface area contributed by atoms with Gasteiger partial charge in [0.25, 0.3) is 0 Å². The largest absolute Gasteiger partial charge is 0.493 e. The summed E-state index contributed by atoms with van der Waals surface area (Å²) in [7, 11) is 2.79. The van der Waals surface area contributed by atoms with E-state index in [4.69, 9.17) is 24.2 Å². The molecular weight excluding hydrogens is 426 g/mol. The van der Waals surface area contributed by atoms with Crippen molar-refractivity contribution in [2.45, 2.75) is 0 Å². The van der Waals surface area contributed by atoms with Crippen LogP contribution < -0.4 is 19.7 Å². The molecule has 172 valence electrons. The standard InChI is InChI=1S/C24H25N3O6/c1-30-22-15-17(3-7-21(22)33-12-9-25)4-8-23(28)26-20-6-5-18(16-19(20)24(29)31-2)27-10-13-32-14-11-27/h3-8,15-16H,10-14H2,1-2H3,(H,26,28)/b8-4+. The van der Waals surface area contributed by atoms with Crippen molar-refractivity contribution < 1.29 is 28.5 Å². The Hall–Kier alpha value is -4.03. The van der Waals surface area contributed by atoms with Gasteiger partial charge in [-0.1, -0.05) is 6.07 Å². The van der Waals surface area contributed by atoms with Crippen LogP contribution in [0.5, 0.6) is 11.5 Å². The molecule has 9 nitrogen and oxygen atoms in total. The lowest BCUT2D eigenvalue weighted by Crippen LogP contribution is -2.36. The van der Waals surface area contributed by atoms with Gasteiger partial charge in [-0.15, -0.1) is 0 Å². The van der Waals surface area contributed by atoms with E-state index in [0.29, 0.717) is 36.0 Å². The maximum absolute atomic E-state index is 12.5. The Labute approximate surface area is 192 Å². The van der Waals surface area contributed by atoms with E-state index >= 15 is 0 Å². The summed E-state index contributed by atoms with van der Waals surface area (Å²) in [6, 6.07) is 12.2. The average Bonchev–Trinajstić information content (AvgIpc) is 2.86. The number of ether oxygens (including phenoxy) is 4. The molecule has 9 heteroatoms. The lowest BCUT2D eigenvalue weighted by Gasteiger charge is -2.29. The van der Waals surface area contributed by atoms with Gasteiger partial charge < -0.3 is 29.2 Å². The van der Waals surface area contributed by atoms with E-state index in [1.54, 1.807) is 36.4 Å². The molecule has 1 saturated heterocycles. The maximum atomic E-state index is 12.5. The molecule has 1 aliphatic heterocycles. The van der Waals surface area contributed by atoms with Crippen LogP contribution in [0, 0.1) is 11.3 Å². The van der Waals surface area contributed by atoms with Gasteiger partial charge in [0.15, 0.2) is 18.1 Å². The van der Waals surface area contributed by atoms with Crippen molar-refractivity contribution >= 4 is 29.3 Å². The minimum Gasteiger partial charge on any atom is -0.493 e. The zero-order valence-electron chi connectivity index (χ0n) is 18.5. The summed E-state index contributed by atoms with van der Waals surface area (Å²) in [5, 5.41) is 11.4. The van der Waals surface area contributed by atoms with Gasteiger partial charge >= 0.3 is 5.97 Å². The SMILES string of the molecule is COC(=O)c1cc(N2CCOCC2)ccc1NC(=O)/C=C/c1ccc(OCC#N)c(OC)c1. The molecular formula is C24H25N3O6. The minimum absolute atomic E-state index is 0.0964. The molecule has 0 unspecified atom stereocenters. The molecule has 2 aromatic rings. The second-order valence-corrected chi connectivity index (χ2v) is 7.00. The van der Waals surface area contributed by atoms with Crippen LogP contribution in [-0.2, 0) is 14.3 Å². The van der Waals surface area contributed by atoms with Crippen molar-refractivity contribution in [1.82, 2.24) is 0 Å². The number of carbonyl (C=O) groups is 2. The number of amides is 1. The highest BCUT2D eigenvalue weighted by atomic mass is 16.5. The average molecular weight is 451 g/mol. The second-order valence-electron chi connectivity index (χ2n) is 7.00. The predicted molar refractivity (Wildman–Crippen MR) is 123 cm³/mol. The number of benzene rings is 2. The summed E-state index contributed by atoms with van der Waals surface area (Å²) in [4.78, 5) is 27.0. The van der Waals surface area contributed by atoms with E-state index in [2.05, 4.69) is 10.2 Å². The first-order valence-corrected chi connectivity index (χ1v) is 10.3. The number of morpholine rings is 1. The lowest BCUT2D eigenvalue weighted by molar-refractivity contribution is -0.111. The third kappa shape index (κ3) is 6.24. The van der Waals surface area contributed by atoms with E-state index < -0.39 is 11.9 Å². The molecule has 3 rings (SSSR count). The van der Waals surface area contributed by atoms with Gasteiger partial charge in [0, 0.05) is 24.9 Å². The van der Waals surface area contributed by atoms with Crippen LogP contribution in [0.4, 0.5) is 11.4 Å². The highest BCUT2D eigenvalue weighted by molar-refractivity contribution is 6.06. The van der Waals surface area contributed by atoms with Crippen LogP contribution in [0.1, 0.15) is 15.9 Å². The minimum atomic E-state index is -0.540. The third-order valence-corrected chi connectivity index (χ3v) is 4.95. The molecule has 1 fully saturated rings. The zero-order chi connectivity index (χ0) is 23.6. The van der Waals surface area contributed by atoms with Gasteiger partial charge in [0.1, 0.15) is 6.07 Å². The number of nitriles is 1. The van der Waals surface area contributed by atoms with E-state index in [1.165, 1.54) is 20.3 Å². The molecule has 2 aromatic carbocycles. The van der Waals surface area contributed by atoms with Crippen LogP contribution >= 0.6 is 0 Å². The summed E-state index contributed by atoms with van der Waals surface area (Å²) < 4.78 is 20.8. The Bertz CT molecular complexity index is 1070. The predicted octanol–water partition coefficient (Wildman–Crippen LogP) is 2.87. The van der Waals surface area contributed by atoms with Crippen molar-refractivity contribution in [1.29, 1.82) is 5.26 Å². The number of hydrogen-bond donors (Lipinski definition) is 1. The molecule has 1 aliphatic rings. The zero-order valence-corrected chi connectivity index (χ0v) is 18.5. The Balaban J connectivity index is 1.74. The third-order valence-electron chi connectivity index (χ3n) is 4.95. The van der Waals surface area contributed by atoms with Gasteiger partial charge in [0.05, 0.1) is 38.7 Å². The van der Waals surface area contributed by atoms with E-state index in [0.717, 1.165) is 18.8 Å². The summed E-state index contributed by atoms with van der Waals surface area (Å²) in [6.07, 6.45) is 2.95. The van der Waals surface area contributed by atoms with Crippen LogP contribution in [0.3, 0.4) is 0 Å². The molecule has 0 saturated carbocycles. The normalized spacial score (nSPS) is 13.3. The number of rotatable bonds is 8. The fourth-order valence-corrected chi connectivity index (χ4v) is 3.30. The highest BCUT2D eigenvalue weighted by Gasteiger charge is 2.18. The molecule has 33 heavy (non-hydrogen) atoms. The molecule has 0 aliphatic carbocycles. The van der Waals surface area contributed by atoms with Gasteiger partial charge in [-0.25, -0.2) is 4.79 Å². The molecule has 0 radical (unpaired) electrons. The Morgan fingerprint density at radius 1 is 1.15 bits per heavy atom. The smallest absolute Gasteiger partial charge is 0.340 e. The van der Waals surface area contributed by atoms with Crippen LogP contribution in [0.2, 0.25) is 0 Å². The first-order valence-electron chi connectivity index (χ1n) is 10.3. The van der Waals surface area contributed by atoms with Gasteiger partial charge in [0.2, 0.25) is 5.91 Å². The summed E-state index contributed by atoms with van der Waals surface area (Å²) in [5.41, 5.74) is 2.18. The van der Waals surface area contributed by atoms with Gasteiger partial charge in [-0.2, -0.15) is 5.26 Å². The van der Waals surface area contributed by atoms with Crippen LogP contribution in [0.15, 0.2) is 42.5 Å². The topological polar surface area (TPSA) is 110 Å². The van der Waals surface area contributed by atoms with Crippen LogP contribution in [0.25, 0.3) is 6.08 Å². The van der Waals surface area contributed by atoms with Gasteiger partial charge in [-0.3, -0.25) is 4.79 Å². The van der Waals surface area contributed by atoms with E-state index in [1.807, 2.05) is 12.1 Å². The number of carbonyl (C=O) groups excluding carboxylic acids is 2. The summed E-state index contributed by atoms with van der Waals surface area (Å²) in [5.74, 6) is -0.0756. The molecule has 0 atom stereocenters. The van der Waals surface area contributed by atoms with Gasteiger partial charge in [-0.05, 0) is 42.0 Å². The van der Waals surface area contributed by atoms with Crippen molar-refractivity contribution in [3.8, 4) is 17.6 Å². The number of methoxy groups -OCH3 is 2.